The molecule has 0 spiro atoms. The lowest BCUT2D eigenvalue weighted by molar-refractivity contribution is 0.102. The average molecular weight is 242 g/mol. The lowest BCUT2D eigenvalue weighted by Gasteiger charge is -2.07. The Morgan fingerprint density at radius 2 is 2.12 bits per heavy atom. The van der Waals surface area contributed by atoms with Crippen molar-refractivity contribution in [1.82, 2.24) is 0 Å². The Morgan fingerprint density at radius 3 is 2.69 bits per heavy atom. The number of thioether (sulfide) groups is 1. The smallest absolute Gasteiger partial charge is 0.176 e. The Kier molecular flexibility index (Phi) is 4.64. The molecular formula is C11H14O4S. The predicted molar refractivity (Wildman–Crippen MR) is 63.1 cm³/mol. The summed E-state index contributed by atoms with van der Waals surface area (Å²) in [6.07, 6.45) is 0. The van der Waals surface area contributed by atoms with Crippen LogP contribution < -0.4 is 0 Å². The van der Waals surface area contributed by atoms with Gasteiger partial charge in [0.15, 0.2) is 5.78 Å². The van der Waals surface area contributed by atoms with Crippen molar-refractivity contribution in [2.75, 3.05) is 12.4 Å². The van der Waals surface area contributed by atoms with Gasteiger partial charge in [-0.25, -0.2) is 0 Å². The molecular weight excluding hydrogens is 228 g/mol. The van der Waals surface area contributed by atoms with Crippen LogP contribution in [0, 0.1) is 0 Å². The number of hydrogen-bond acceptors (Lipinski definition) is 5. The first-order chi connectivity index (χ1) is 7.54. The van der Waals surface area contributed by atoms with Crippen LogP contribution in [0.3, 0.4) is 0 Å². The molecule has 1 atom stereocenters. The first-order valence-corrected chi connectivity index (χ1v) is 5.87. The summed E-state index contributed by atoms with van der Waals surface area (Å²) < 4.78 is 0. The minimum atomic E-state index is -0.220. The Bertz CT molecular complexity index is 378. The van der Waals surface area contributed by atoms with E-state index in [-0.39, 0.29) is 40.5 Å². The highest BCUT2D eigenvalue weighted by Gasteiger charge is 2.13. The molecule has 0 heterocycles. The van der Waals surface area contributed by atoms with Crippen LogP contribution in [0.5, 0.6) is 11.5 Å². The van der Waals surface area contributed by atoms with Gasteiger partial charge < -0.3 is 15.3 Å². The van der Waals surface area contributed by atoms with E-state index in [0.717, 1.165) is 6.07 Å². The predicted octanol–water partition coefficient (Wildman–Crippen LogP) is 1.39. The molecule has 16 heavy (non-hydrogen) atoms. The second-order valence-corrected chi connectivity index (χ2v) is 4.86. The molecule has 0 saturated heterocycles. The van der Waals surface area contributed by atoms with Gasteiger partial charge in [-0.1, -0.05) is 6.92 Å². The number of phenols is 2. The molecule has 3 N–H and O–H groups in total. The summed E-state index contributed by atoms with van der Waals surface area (Å²) >= 11 is 1.32. The summed E-state index contributed by atoms with van der Waals surface area (Å²) in [6.45, 7) is 1.83. The molecule has 0 aliphatic carbocycles. The van der Waals surface area contributed by atoms with Gasteiger partial charge in [0.05, 0.1) is 17.9 Å². The van der Waals surface area contributed by atoms with E-state index < -0.39 is 0 Å². The second kappa shape index (κ2) is 5.77. The van der Waals surface area contributed by atoms with Crippen molar-refractivity contribution in [2.24, 2.45) is 0 Å². The first kappa shape index (κ1) is 12.9. The number of ketones is 1. The Balaban J connectivity index is 2.66. The molecule has 0 aliphatic heterocycles. The number of Topliss-reactive ketones (excluding diaryl/α,β-unsaturated/α-hetero) is 1. The molecule has 0 aromatic heterocycles. The number of rotatable bonds is 5. The Morgan fingerprint density at radius 1 is 1.44 bits per heavy atom. The van der Waals surface area contributed by atoms with Crippen molar-refractivity contribution in [2.45, 2.75) is 12.2 Å². The van der Waals surface area contributed by atoms with Crippen molar-refractivity contribution in [3.8, 4) is 11.5 Å². The molecule has 1 aromatic rings. The maximum Gasteiger partial charge on any atom is 0.176 e. The largest absolute Gasteiger partial charge is 0.508 e. The molecule has 88 valence electrons. The van der Waals surface area contributed by atoms with E-state index in [9.17, 15) is 9.90 Å². The molecule has 1 unspecified atom stereocenters. The summed E-state index contributed by atoms with van der Waals surface area (Å²) in [6, 6.07) is 3.87. The molecule has 0 amide bonds. The van der Waals surface area contributed by atoms with Crippen LogP contribution in [-0.2, 0) is 0 Å². The highest BCUT2D eigenvalue weighted by molar-refractivity contribution is 8.00. The number of aromatic hydroxyl groups is 2. The van der Waals surface area contributed by atoms with Crippen LogP contribution >= 0.6 is 11.8 Å². The summed E-state index contributed by atoms with van der Waals surface area (Å²) in [5.74, 6) is -0.324. The normalized spacial score (nSPS) is 12.4. The summed E-state index contributed by atoms with van der Waals surface area (Å²) in [5.41, 5.74) is 0.190. The standard InChI is InChI=1S/C11H14O4S/c1-7(5-12)16-6-11(15)9-3-2-8(13)4-10(9)14/h2-4,7,12-14H,5-6H2,1H3. The average Bonchev–Trinajstić information content (AvgIpc) is 2.25. The highest BCUT2D eigenvalue weighted by atomic mass is 32.2. The first-order valence-electron chi connectivity index (χ1n) is 4.82. The van der Waals surface area contributed by atoms with E-state index in [1.165, 1.54) is 23.9 Å². The van der Waals surface area contributed by atoms with Gasteiger partial charge in [0.25, 0.3) is 0 Å². The molecule has 0 saturated carbocycles. The molecule has 1 aromatic carbocycles. The fourth-order valence-electron chi connectivity index (χ4n) is 1.10. The summed E-state index contributed by atoms with van der Waals surface area (Å²) in [4.78, 5) is 11.7. The maximum atomic E-state index is 11.7. The van der Waals surface area contributed by atoms with E-state index in [0.29, 0.717) is 0 Å². The second-order valence-electron chi connectivity index (χ2n) is 3.43. The van der Waals surface area contributed by atoms with Gasteiger partial charge in [0.2, 0.25) is 0 Å². The minimum absolute atomic E-state index is 0.0109. The van der Waals surface area contributed by atoms with Crippen LogP contribution in [-0.4, -0.2) is 38.7 Å². The molecule has 0 aliphatic rings. The van der Waals surface area contributed by atoms with Crippen LogP contribution in [0.15, 0.2) is 18.2 Å². The number of hydrogen-bond donors (Lipinski definition) is 3. The topological polar surface area (TPSA) is 77.8 Å². The lowest BCUT2D eigenvalue weighted by Crippen LogP contribution is -2.09. The van der Waals surface area contributed by atoms with E-state index in [1.54, 1.807) is 0 Å². The maximum absolute atomic E-state index is 11.7. The fraction of sp³-hybridized carbons (Fsp3) is 0.364. The number of carbonyl (C=O) groups is 1. The van der Waals surface area contributed by atoms with Crippen LogP contribution in [0.1, 0.15) is 17.3 Å². The zero-order chi connectivity index (χ0) is 12.1. The number of aliphatic hydroxyl groups excluding tert-OH is 1. The third kappa shape index (κ3) is 3.43. The zero-order valence-corrected chi connectivity index (χ0v) is 9.70. The Labute approximate surface area is 97.9 Å². The number of carbonyl (C=O) groups excluding carboxylic acids is 1. The third-order valence-electron chi connectivity index (χ3n) is 2.04. The van der Waals surface area contributed by atoms with Gasteiger partial charge >= 0.3 is 0 Å². The zero-order valence-electron chi connectivity index (χ0n) is 8.88. The minimum Gasteiger partial charge on any atom is -0.508 e. The lowest BCUT2D eigenvalue weighted by atomic mass is 10.1. The molecule has 0 radical (unpaired) electrons. The number of aliphatic hydroxyl groups is 1. The fourth-order valence-corrected chi connectivity index (χ4v) is 1.80. The molecule has 0 fully saturated rings. The van der Waals surface area contributed by atoms with E-state index in [2.05, 4.69) is 0 Å². The number of phenolic OH excluding ortho intramolecular Hbond substituents is 2. The van der Waals surface area contributed by atoms with Gasteiger partial charge in [-0.3, -0.25) is 4.79 Å². The van der Waals surface area contributed by atoms with E-state index in [4.69, 9.17) is 10.2 Å². The van der Waals surface area contributed by atoms with Crippen LogP contribution in [0.4, 0.5) is 0 Å². The van der Waals surface area contributed by atoms with Crippen molar-refractivity contribution in [1.29, 1.82) is 0 Å². The summed E-state index contributed by atoms with van der Waals surface area (Å²) in [7, 11) is 0. The highest BCUT2D eigenvalue weighted by Crippen LogP contribution is 2.24. The molecule has 4 nitrogen and oxygen atoms in total. The van der Waals surface area contributed by atoms with Gasteiger partial charge in [0.1, 0.15) is 11.5 Å². The van der Waals surface area contributed by atoms with Gasteiger partial charge in [0, 0.05) is 11.3 Å². The molecule has 1 rings (SSSR count). The van der Waals surface area contributed by atoms with E-state index >= 15 is 0 Å². The van der Waals surface area contributed by atoms with Crippen LogP contribution in [0.2, 0.25) is 0 Å². The van der Waals surface area contributed by atoms with Crippen molar-refractivity contribution in [3.63, 3.8) is 0 Å². The van der Waals surface area contributed by atoms with Gasteiger partial charge in [-0.2, -0.15) is 0 Å². The van der Waals surface area contributed by atoms with Gasteiger partial charge in [-0.15, -0.1) is 11.8 Å². The van der Waals surface area contributed by atoms with E-state index in [1.807, 2.05) is 6.92 Å². The quantitative estimate of drug-likeness (QED) is 0.680. The van der Waals surface area contributed by atoms with Crippen LogP contribution in [0.25, 0.3) is 0 Å². The van der Waals surface area contributed by atoms with Crippen molar-refractivity contribution < 1.29 is 20.1 Å². The molecule has 5 heteroatoms. The van der Waals surface area contributed by atoms with Gasteiger partial charge in [-0.05, 0) is 12.1 Å². The van der Waals surface area contributed by atoms with Crippen molar-refractivity contribution >= 4 is 17.5 Å². The monoisotopic (exact) mass is 242 g/mol. The SMILES string of the molecule is CC(CO)SCC(=O)c1ccc(O)cc1O. The van der Waals surface area contributed by atoms with Crippen molar-refractivity contribution in [3.05, 3.63) is 23.8 Å². The Hall–Kier alpha value is -1.20. The third-order valence-corrected chi connectivity index (χ3v) is 3.18. The summed E-state index contributed by atoms with van der Waals surface area (Å²) in [5, 5.41) is 27.3. The number of benzene rings is 1. The molecule has 0 bridgehead atoms.